The van der Waals surface area contributed by atoms with Crippen LogP contribution in [0.3, 0.4) is 0 Å². The number of nitrogens with two attached hydrogens (primary N) is 1. The summed E-state index contributed by atoms with van der Waals surface area (Å²) in [6, 6.07) is 5.89. The van der Waals surface area contributed by atoms with Gasteiger partial charge in [-0.1, -0.05) is 23.2 Å². The molecule has 0 amide bonds. The molecule has 0 atom stereocenters. The summed E-state index contributed by atoms with van der Waals surface area (Å²) in [5.41, 5.74) is 6.26. The van der Waals surface area contributed by atoms with Gasteiger partial charge in [0.1, 0.15) is 4.21 Å². The van der Waals surface area contributed by atoms with Crippen LogP contribution in [0.4, 0.5) is 11.4 Å². The van der Waals surface area contributed by atoms with Gasteiger partial charge in [0.15, 0.2) is 0 Å². The molecule has 1 heterocycles. The standard InChI is InChI=1S/C10H7BrCl2N2O2S2/c11-10-7(13)4-9(18-10)19(16,17)15-8-2-1-5(14)3-6(8)12/h1-4,15H,14H2. The first-order chi connectivity index (χ1) is 8.79. The minimum atomic E-state index is -3.72. The molecule has 0 saturated carbocycles. The van der Waals surface area contributed by atoms with Crippen molar-refractivity contribution < 1.29 is 8.42 Å². The first-order valence-corrected chi connectivity index (χ1v) is 8.67. The molecule has 0 saturated heterocycles. The van der Waals surface area contributed by atoms with Crippen LogP contribution in [0.5, 0.6) is 0 Å². The number of nitrogen functional groups attached to an aromatic ring is 1. The van der Waals surface area contributed by atoms with Crippen molar-refractivity contribution in [2.24, 2.45) is 0 Å². The highest BCUT2D eigenvalue weighted by atomic mass is 79.9. The van der Waals surface area contributed by atoms with Crippen molar-refractivity contribution in [3.8, 4) is 0 Å². The Labute approximate surface area is 132 Å². The second kappa shape index (κ2) is 5.49. The molecular weight excluding hydrogens is 395 g/mol. The Morgan fingerprint density at radius 2 is 1.89 bits per heavy atom. The summed E-state index contributed by atoms with van der Waals surface area (Å²) in [6.07, 6.45) is 0. The SMILES string of the molecule is Nc1ccc(NS(=O)(=O)c2cc(Cl)c(Br)s2)c(Cl)c1. The molecular formula is C10H7BrCl2N2O2S2. The maximum Gasteiger partial charge on any atom is 0.271 e. The number of hydrogen-bond donors (Lipinski definition) is 2. The maximum absolute atomic E-state index is 12.1. The van der Waals surface area contributed by atoms with Gasteiger partial charge >= 0.3 is 0 Å². The first kappa shape index (κ1) is 14.9. The zero-order chi connectivity index (χ0) is 14.2. The Hall–Kier alpha value is -0.470. The molecule has 102 valence electrons. The third-order valence-electron chi connectivity index (χ3n) is 2.12. The molecule has 9 heteroatoms. The molecule has 1 aromatic carbocycles. The van der Waals surface area contributed by atoms with Crippen LogP contribution in [0, 0.1) is 0 Å². The number of sulfonamides is 1. The summed E-state index contributed by atoms with van der Waals surface area (Å²) < 4.78 is 27.3. The van der Waals surface area contributed by atoms with E-state index in [1.54, 1.807) is 6.07 Å². The summed E-state index contributed by atoms with van der Waals surface area (Å²) in [5, 5.41) is 0.569. The molecule has 0 aliphatic heterocycles. The van der Waals surface area contributed by atoms with E-state index in [0.29, 0.717) is 14.5 Å². The van der Waals surface area contributed by atoms with E-state index in [4.69, 9.17) is 28.9 Å². The van der Waals surface area contributed by atoms with Gasteiger partial charge in [-0.05, 0) is 40.2 Å². The summed E-state index contributed by atoms with van der Waals surface area (Å²) in [5.74, 6) is 0. The van der Waals surface area contributed by atoms with Crippen LogP contribution < -0.4 is 10.5 Å². The van der Waals surface area contributed by atoms with Crippen LogP contribution in [0.15, 0.2) is 32.3 Å². The highest BCUT2D eigenvalue weighted by Gasteiger charge is 2.20. The smallest absolute Gasteiger partial charge is 0.271 e. The molecule has 19 heavy (non-hydrogen) atoms. The van der Waals surface area contributed by atoms with Gasteiger partial charge in [-0.2, -0.15) is 0 Å². The molecule has 3 N–H and O–H groups in total. The van der Waals surface area contributed by atoms with Crippen LogP contribution in [-0.4, -0.2) is 8.42 Å². The topological polar surface area (TPSA) is 72.2 Å². The van der Waals surface area contributed by atoms with Crippen molar-refractivity contribution in [1.82, 2.24) is 0 Å². The largest absolute Gasteiger partial charge is 0.399 e. The summed E-state index contributed by atoms with van der Waals surface area (Å²) in [7, 11) is -3.72. The van der Waals surface area contributed by atoms with E-state index in [1.807, 2.05) is 0 Å². The third-order valence-corrected chi connectivity index (χ3v) is 6.75. The van der Waals surface area contributed by atoms with Gasteiger partial charge in [0.2, 0.25) is 0 Å². The van der Waals surface area contributed by atoms with E-state index in [1.165, 1.54) is 18.2 Å². The number of anilines is 2. The fourth-order valence-electron chi connectivity index (χ4n) is 1.27. The Kier molecular flexibility index (Phi) is 4.32. The number of nitrogens with one attached hydrogen (secondary N) is 1. The predicted octanol–water partition coefficient (Wildman–Crippen LogP) is 4.20. The van der Waals surface area contributed by atoms with E-state index in [-0.39, 0.29) is 14.9 Å². The molecule has 0 radical (unpaired) electrons. The van der Waals surface area contributed by atoms with Gasteiger partial charge in [0.05, 0.1) is 19.5 Å². The zero-order valence-corrected chi connectivity index (χ0v) is 13.9. The Morgan fingerprint density at radius 3 is 2.42 bits per heavy atom. The Balaban J connectivity index is 2.36. The van der Waals surface area contributed by atoms with Crippen LogP contribution in [-0.2, 0) is 10.0 Å². The maximum atomic E-state index is 12.1. The Morgan fingerprint density at radius 1 is 1.21 bits per heavy atom. The summed E-state index contributed by atoms with van der Waals surface area (Å²) >= 11 is 15.9. The van der Waals surface area contributed by atoms with E-state index in [2.05, 4.69) is 20.7 Å². The zero-order valence-electron chi connectivity index (χ0n) is 9.15. The van der Waals surface area contributed by atoms with Crippen molar-refractivity contribution >= 4 is 71.9 Å². The Bertz CT molecular complexity index is 712. The fourth-order valence-corrected chi connectivity index (χ4v) is 5.04. The number of benzene rings is 1. The number of rotatable bonds is 3. The van der Waals surface area contributed by atoms with E-state index in [0.717, 1.165) is 11.3 Å². The second-order valence-corrected chi connectivity index (χ2v) is 8.63. The molecule has 0 bridgehead atoms. The minimum Gasteiger partial charge on any atom is -0.399 e. The molecule has 0 unspecified atom stereocenters. The van der Waals surface area contributed by atoms with Crippen molar-refractivity contribution in [3.63, 3.8) is 0 Å². The van der Waals surface area contributed by atoms with E-state index in [9.17, 15) is 8.42 Å². The molecule has 4 nitrogen and oxygen atoms in total. The highest BCUT2D eigenvalue weighted by Crippen LogP contribution is 2.36. The second-order valence-electron chi connectivity index (χ2n) is 3.53. The summed E-state index contributed by atoms with van der Waals surface area (Å²) in [6.45, 7) is 0. The van der Waals surface area contributed by atoms with Crippen LogP contribution >= 0.6 is 50.5 Å². The number of thiophene rings is 1. The molecule has 0 aliphatic carbocycles. The fraction of sp³-hybridized carbons (Fsp3) is 0. The lowest BCUT2D eigenvalue weighted by atomic mass is 10.3. The summed E-state index contributed by atoms with van der Waals surface area (Å²) in [4.78, 5) is 0. The van der Waals surface area contributed by atoms with E-state index >= 15 is 0 Å². The van der Waals surface area contributed by atoms with Gasteiger partial charge in [0.25, 0.3) is 10.0 Å². The molecule has 2 aromatic rings. The van der Waals surface area contributed by atoms with Gasteiger partial charge < -0.3 is 5.73 Å². The van der Waals surface area contributed by atoms with Crippen molar-refractivity contribution in [2.45, 2.75) is 4.21 Å². The lowest BCUT2D eigenvalue weighted by Gasteiger charge is -2.08. The van der Waals surface area contributed by atoms with E-state index < -0.39 is 10.0 Å². The monoisotopic (exact) mass is 400 g/mol. The normalized spacial score (nSPS) is 11.5. The van der Waals surface area contributed by atoms with Crippen molar-refractivity contribution in [1.29, 1.82) is 0 Å². The van der Waals surface area contributed by atoms with Crippen LogP contribution in [0.2, 0.25) is 10.0 Å². The third kappa shape index (κ3) is 3.35. The first-order valence-electron chi connectivity index (χ1n) is 4.82. The highest BCUT2D eigenvalue weighted by molar-refractivity contribution is 9.11. The van der Waals surface area contributed by atoms with Crippen molar-refractivity contribution in [2.75, 3.05) is 10.5 Å². The quantitative estimate of drug-likeness (QED) is 0.757. The molecule has 1 aromatic heterocycles. The lowest BCUT2D eigenvalue weighted by molar-refractivity contribution is 0.603. The minimum absolute atomic E-state index is 0.0947. The average molecular weight is 402 g/mol. The van der Waals surface area contributed by atoms with Crippen LogP contribution in [0.25, 0.3) is 0 Å². The van der Waals surface area contributed by atoms with Gasteiger partial charge in [-0.3, -0.25) is 4.72 Å². The molecule has 0 spiro atoms. The molecule has 2 rings (SSSR count). The lowest BCUT2D eigenvalue weighted by Crippen LogP contribution is -2.11. The van der Waals surface area contributed by atoms with Gasteiger partial charge in [-0.15, -0.1) is 11.3 Å². The molecule has 0 fully saturated rings. The average Bonchev–Trinajstić information content (AvgIpc) is 2.64. The van der Waals surface area contributed by atoms with Crippen molar-refractivity contribution in [3.05, 3.63) is 38.1 Å². The van der Waals surface area contributed by atoms with Gasteiger partial charge in [-0.25, -0.2) is 8.42 Å². The number of hydrogen-bond acceptors (Lipinski definition) is 4. The number of halogens is 3. The van der Waals surface area contributed by atoms with Gasteiger partial charge in [0, 0.05) is 5.69 Å². The van der Waals surface area contributed by atoms with Crippen LogP contribution in [0.1, 0.15) is 0 Å². The molecule has 0 aliphatic rings. The predicted molar refractivity (Wildman–Crippen MR) is 83.7 cm³/mol.